The number of aryl methyl sites for hydroxylation is 1. The van der Waals surface area contributed by atoms with Gasteiger partial charge < -0.3 is 10.1 Å². The van der Waals surface area contributed by atoms with Crippen molar-refractivity contribution < 1.29 is 4.74 Å². The second-order valence-corrected chi connectivity index (χ2v) is 5.66. The second kappa shape index (κ2) is 7.51. The lowest BCUT2D eigenvalue weighted by Gasteiger charge is -2.26. The molecule has 1 aliphatic heterocycles. The van der Waals surface area contributed by atoms with Gasteiger partial charge in [-0.3, -0.25) is 4.90 Å². The highest BCUT2D eigenvalue weighted by atomic mass is 16.5. The Labute approximate surface area is 131 Å². The van der Waals surface area contributed by atoms with E-state index in [1.165, 1.54) is 5.56 Å². The summed E-state index contributed by atoms with van der Waals surface area (Å²) < 4.78 is 5.37. The van der Waals surface area contributed by atoms with E-state index in [9.17, 15) is 0 Å². The smallest absolute Gasteiger partial charge is 0.137 e. The van der Waals surface area contributed by atoms with Crippen molar-refractivity contribution in [2.45, 2.75) is 19.8 Å². The topological polar surface area (TPSA) is 50.3 Å². The summed E-state index contributed by atoms with van der Waals surface area (Å²) in [5, 5.41) is 4.59. The summed E-state index contributed by atoms with van der Waals surface area (Å²) in [5.74, 6) is 0.947. The largest absolute Gasteiger partial charge is 0.379 e. The monoisotopic (exact) mass is 300 g/mol. The molecule has 2 heterocycles. The molecule has 0 bridgehead atoms. The number of fused-ring (bicyclic) bond motifs is 1. The van der Waals surface area contributed by atoms with E-state index in [-0.39, 0.29) is 0 Å². The fraction of sp³-hybridized carbons (Fsp3) is 0.529. The molecule has 118 valence electrons. The van der Waals surface area contributed by atoms with Crippen LogP contribution in [0.4, 0.5) is 5.82 Å². The summed E-state index contributed by atoms with van der Waals surface area (Å²) >= 11 is 0. The fourth-order valence-corrected chi connectivity index (χ4v) is 2.80. The van der Waals surface area contributed by atoms with Crippen molar-refractivity contribution in [2.75, 3.05) is 44.7 Å². The molecule has 0 radical (unpaired) electrons. The van der Waals surface area contributed by atoms with Crippen LogP contribution >= 0.6 is 0 Å². The number of hydrogen-bond acceptors (Lipinski definition) is 5. The highest BCUT2D eigenvalue weighted by molar-refractivity contribution is 5.89. The zero-order chi connectivity index (χ0) is 15.2. The van der Waals surface area contributed by atoms with Gasteiger partial charge in [-0.05, 0) is 37.1 Å². The van der Waals surface area contributed by atoms with Crippen molar-refractivity contribution in [3.05, 3.63) is 30.1 Å². The molecule has 0 aliphatic carbocycles. The molecule has 0 spiro atoms. The van der Waals surface area contributed by atoms with Gasteiger partial charge in [-0.15, -0.1) is 0 Å². The molecule has 1 aliphatic rings. The quantitative estimate of drug-likeness (QED) is 0.830. The van der Waals surface area contributed by atoms with Crippen LogP contribution in [0.1, 0.15) is 18.9 Å². The van der Waals surface area contributed by atoms with Gasteiger partial charge in [0.05, 0.1) is 18.7 Å². The lowest BCUT2D eigenvalue weighted by atomic mass is 10.1. The Morgan fingerprint density at radius 2 is 2.09 bits per heavy atom. The van der Waals surface area contributed by atoms with E-state index >= 15 is 0 Å². The number of rotatable bonds is 6. The van der Waals surface area contributed by atoms with E-state index in [1.54, 1.807) is 6.33 Å². The van der Waals surface area contributed by atoms with Crippen LogP contribution < -0.4 is 5.32 Å². The maximum Gasteiger partial charge on any atom is 0.137 e. The van der Waals surface area contributed by atoms with Gasteiger partial charge in [-0.1, -0.05) is 13.0 Å². The van der Waals surface area contributed by atoms with E-state index in [0.717, 1.165) is 69.0 Å². The minimum Gasteiger partial charge on any atom is -0.379 e. The molecule has 5 nitrogen and oxygen atoms in total. The fourth-order valence-electron chi connectivity index (χ4n) is 2.80. The van der Waals surface area contributed by atoms with Crippen LogP contribution in [0.2, 0.25) is 0 Å². The molecule has 1 aromatic carbocycles. The molecule has 1 N–H and O–H groups in total. The standard InChI is InChI=1S/C17H24N4O/c1-2-14-4-5-16-15(12-14)17(20-13-19-16)18-6-3-7-21-8-10-22-11-9-21/h4-5,12-13H,2-3,6-11H2,1H3,(H,18,19,20). The molecule has 2 aromatic rings. The first kappa shape index (κ1) is 15.2. The zero-order valence-corrected chi connectivity index (χ0v) is 13.2. The third-order valence-corrected chi connectivity index (χ3v) is 4.16. The predicted octanol–water partition coefficient (Wildman–Crippen LogP) is 2.33. The SMILES string of the molecule is CCc1ccc2ncnc(NCCCN3CCOCC3)c2c1. The zero-order valence-electron chi connectivity index (χ0n) is 13.2. The molecule has 22 heavy (non-hydrogen) atoms. The number of anilines is 1. The van der Waals surface area contributed by atoms with E-state index in [0.29, 0.717) is 0 Å². The van der Waals surface area contributed by atoms with E-state index < -0.39 is 0 Å². The van der Waals surface area contributed by atoms with E-state index in [1.807, 2.05) is 0 Å². The summed E-state index contributed by atoms with van der Waals surface area (Å²) in [4.78, 5) is 11.2. The molecule has 3 rings (SSSR count). The molecule has 0 atom stereocenters. The van der Waals surface area contributed by atoms with Gasteiger partial charge in [0.15, 0.2) is 0 Å². The Morgan fingerprint density at radius 3 is 2.91 bits per heavy atom. The highest BCUT2D eigenvalue weighted by Crippen LogP contribution is 2.20. The van der Waals surface area contributed by atoms with Gasteiger partial charge >= 0.3 is 0 Å². The van der Waals surface area contributed by atoms with Crippen LogP contribution in [0.5, 0.6) is 0 Å². The average molecular weight is 300 g/mol. The van der Waals surface area contributed by atoms with Gasteiger partial charge in [0, 0.05) is 25.0 Å². The molecule has 5 heteroatoms. The summed E-state index contributed by atoms with van der Waals surface area (Å²) in [5.41, 5.74) is 2.32. The molecule has 0 saturated carbocycles. The maximum absolute atomic E-state index is 5.37. The number of benzene rings is 1. The van der Waals surface area contributed by atoms with Crippen molar-refractivity contribution in [2.24, 2.45) is 0 Å². The first-order valence-corrected chi connectivity index (χ1v) is 8.14. The van der Waals surface area contributed by atoms with Crippen molar-refractivity contribution in [3.8, 4) is 0 Å². The number of aromatic nitrogens is 2. The maximum atomic E-state index is 5.37. The average Bonchev–Trinajstić information content (AvgIpc) is 2.59. The lowest BCUT2D eigenvalue weighted by molar-refractivity contribution is 0.0378. The molecule has 1 saturated heterocycles. The molecule has 0 unspecified atom stereocenters. The Morgan fingerprint density at radius 1 is 1.23 bits per heavy atom. The first-order valence-electron chi connectivity index (χ1n) is 8.14. The summed E-state index contributed by atoms with van der Waals surface area (Å²) in [6, 6.07) is 6.41. The van der Waals surface area contributed by atoms with Crippen LogP contribution in [0.3, 0.4) is 0 Å². The Kier molecular flexibility index (Phi) is 5.19. The van der Waals surface area contributed by atoms with E-state index in [4.69, 9.17) is 4.74 Å². The number of morpholine rings is 1. The van der Waals surface area contributed by atoms with Crippen LogP contribution in [0.15, 0.2) is 24.5 Å². The van der Waals surface area contributed by atoms with Gasteiger partial charge in [-0.2, -0.15) is 0 Å². The first-order chi connectivity index (χ1) is 10.9. The van der Waals surface area contributed by atoms with Crippen LogP contribution in [-0.4, -0.2) is 54.3 Å². The number of nitrogens with one attached hydrogen (secondary N) is 1. The third-order valence-electron chi connectivity index (χ3n) is 4.16. The minimum atomic E-state index is 0.865. The lowest BCUT2D eigenvalue weighted by Crippen LogP contribution is -2.37. The van der Waals surface area contributed by atoms with Crippen LogP contribution in [-0.2, 0) is 11.2 Å². The van der Waals surface area contributed by atoms with Gasteiger partial charge in [-0.25, -0.2) is 9.97 Å². The van der Waals surface area contributed by atoms with Gasteiger partial charge in [0.2, 0.25) is 0 Å². The van der Waals surface area contributed by atoms with Crippen molar-refractivity contribution in [3.63, 3.8) is 0 Å². The molecule has 1 aromatic heterocycles. The molecule has 1 fully saturated rings. The normalized spacial score (nSPS) is 16.0. The summed E-state index contributed by atoms with van der Waals surface area (Å²) in [6.07, 6.45) is 3.78. The Bertz CT molecular complexity index is 611. The molecular formula is C17H24N4O. The second-order valence-electron chi connectivity index (χ2n) is 5.66. The molecular weight excluding hydrogens is 276 g/mol. The predicted molar refractivity (Wildman–Crippen MR) is 89.3 cm³/mol. The van der Waals surface area contributed by atoms with Gasteiger partial charge in [0.25, 0.3) is 0 Å². The Balaban J connectivity index is 1.58. The number of hydrogen-bond donors (Lipinski definition) is 1. The van der Waals surface area contributed by atoms with Crippen molar-refractivity contribution in [1.82, 2.24) is 14.9 Å². The third kappa shape index (κ3) is 3.72. The summed E-state index contributed by atoms with van der Waals surface area (Å²) in [6.45, 7) is 8.04. The van der Waals surface area contributed by atoms with E-state index in [2.05, 4.69) is 45.3 Å². The molecule has 0 amide bonds. The Hall–Kier alpha value is -1.72. The van der Waals surface area contributed by atoms with Crippen molar-refractivity contribution in [1.29, 1.82) is 0 Å². The van der Waals surface area contributed by atoms with Crippen molar-refractivity contribution >= 4 is 16.7 Å². The minimum absolute atomic E-state index is 0.865. The highest BCUT2D eigenvalue weighted by Gasteiger charge is 2.09. The number of ether oxygens (including phenoxy) is 1. The summed E-state index contributed by atoms with van der Waals surface area (Å²) in [7, 11) is 0. The van der Waals surface area contributed by atoms with Gasteiger partial charge in [0.1, 0.15) is 12.1 Å². The van der Waals surface area contributed by atoms with Crippen LogP contribution in [0, 0.1) is 0 Å². The van der Waals surface area contributed by atoms with Crippen LogP contribution in [0.25, 0.3) is 10.9 Å². The number of nitrogens with zero attached hydrogens (tertiary/aromatic N) is 3.